The molecule has 3 heterocycles. The van der Waals surface area contributed by atoms with E-state index < -0.39 is 37.3 Å². The fourth-order valence-electron chi connectivity index (χ4n) is 5.54. The van der Waals surface area contributed by atoms with Gasteiger partial charge in [-0.05, 0) is 35.4 Å². The molecule has 0 bridgehead atoms. The molecule has 0 radical (unpaired) electrons. The van der Waals surface area contributed by atoms with Gasteiger partial charge in [-0.1, -0.05) is 12.1 Å². The normalized spacial score (nSPS) is 34.6. The van der Waals surface area contributed by atoms with Crippen LogP contribution in [-0.4, -0.2) is 92.3 Å². The van der Waals surface area contributed by atoms with Crippen molar-refractivity contribution >= 4 is 0 Å². The highest BCUT2D eigenvalue weighted by Crippen LogP contribution is 2.52. The van der Waals surface area contributed by atoms with Crippen LogP contribution >= 0.6 is 0 Å². The third kappa shape index (κ3) is 4.79. The molecule has 4 N–H and O–H groups in total. The second-order valence-corrected chi connectivity index (χ2v) is 9.68. The van der Waals surface area contributed by atoms with Crippen molar-refractivity contribution in [2.75, 3.05) is 41.2 Å². The summed E-state index contributed by atoms with van der Waals surface area (Å²) >= 11 is 0. The summed E-state index contributed by atoms with van der Waals surface area (Å²) in [5, 5.41) is 39.5. The van der Waals surface area contributed by atoms with E-state index in [-0.39, 0.29) is 24.0 Å². The second kappa shape index (κ2) is 11.2. The first-order valence-corrected chi connectivity index (χ1v) is 12.5. The molecule has 2 aromatic rings. The van der Waals surface area contributed by atoms with Crippen LogP contribution in [0.3, 0.4) is 0 Å². The van der Waals surface area contributed by atoms with Crippen molar-refractivity contribution in [1.82, 2.24) is 0 Å². The molecular formula is C27H34O11. The number of benzene rings is 2. The van der Waals surface area contributed by atoms with Crippen LogP contribution < -0.4 is 18.9 Å². The molecule has 11 nitrogen and oxygen atoms in total. The van der Waals surface area contributed by atoms with Gasteiger partial charge in [0, 0.05) is 11.8 Å². The van der Waals surface area contributed by atoms with Gasteiger partial charge in [0.2, 0.25) is 12.0 Å². The Morgan fingerprint density at radius 3 is 1.87 bits per heavy atom. The minimum Gasteiger partial charge on any atom is -0.493 e. The molecule has 0 saturated carbocycles. The first-order chi connectivity index (χ1) is 18.4. The van der Waals surface area contributed by atoms with Gasteiger partial charge in [-0.3, -0.25) is 0 Å². The summed E-state index contributed by atoms with van der Waals surface area (Å²) in [5.41, 5.74) is 1.88. The number of hydrogen-bond donors (Lipinski definition) is 4. The van der Waals surface area contributed by atoms with Gasteiger partial charge in [0.1, 0.15) is 30.2 Å². The molecule has 9 atom stereocenters. The molecule has 38 heavy (non-hydrogen) atoms. The van der Waals surface area contributed by atoms with Crippen LogP contribution in [0, 0.1) is 11.8 Å². The molecule has 0 amide bonds. The van der Waals surface area contributed by atoms with E-state index in [4.69, 9.17) is 33.2 Å². The molecule has 3 aliphatic heterocycles. The zero-order valence-electron chi connectivity index (χ0n) is 21.4. The predicted octanol–water partition coefficient (Wildman–Crippen LogP) is 0.966. The molecule has 11 heteroatoms. The minimum atomic E-state index is -1.50. The van der Waals surface area contributed by atoms with Gasteiger partial charge in [-0.15, -0.1) is 0 Å². The van der Waals surface area contributed by atoms with Crippen LogP contribution in [0.5, 0.6) is 23.0 Å². The van der Waals surface area contributed by atoms with Crippen LogP contribution in [0.1, 0.15) is 23.3 Å². The van der Waals surface area contributed by atoms with Gasteiger partial charge < -0.3 is 53.6 Å². The Kier molecular flexibility index (Phi) is 7.96. The third-order valence-electron chi connectivity index (χ3n) is 7.59. The molecule has 0 aliphatic carbocycles. The van der Waals surface area contributed by atoms with E-state index in [2.05, 4.69) is 0 Å². The van der Waals surface area contributed by atoms with Crippen molar-refractivity contribution in [3.05, 3.63) is 47.5 Å². The van der Waals surface area contributed by atoms with E-state index in [1.54, 1.807) is 33.5 Å². The van der Waals surface area contributed by atoms with E-state index >= 15 is 0 Å². The molecule has 3 aliphatic rings. The maximum Gasteiger partial charge on any atom is 0.229 e. The van der Waals surface area contributed by atoms with Gasteiger partial charge in [-0.25, -0.2) is 0 Å². The number of ether oxygens (including phenoxy) is 7. The predicted molar refractivity (Wildman–Crippen MR) is 131 cm³/mol. The van der Waals surface area contributed by atoms with Crippen LogP contribution in [0.15, 0.2) is 36.4 Å². The molecular weight excluding hydrogens is 500 g/mol. The first-order valence-electron chi connectivity index (χ1n) is 12.5. The van der Waals surface area contributed by atoms with Crippen LogP contribution in [0.4, 0.5) is 0 Å². The highest BCUT2D eigenvalue weighted by atomic mass is 16.7. The van der Waals surface area contributed by atoms with Crippen molar-refractivity contribution in [2.24, 2.45) is 11.8 Å². The molecule has 3 fully saturated rings. The number of aliphatic hydroxyl groups excluding tert-OH is 4. The van der Waals surface area contributed by atoms with E-state index in [9.17, 15) is 20.4 Å². The SMILES string of the molecule is COc1cc(C2OCC3C(c4ccc(OC5OC(CO)C(O)C(O)C5O)cc4)OCC23)cc(OC)c1OC. The topological polar surface area (TPSA) is 146 Å². The van der Waals surface area contributed by atoms with Crippen LogP contribution in [0.2, 0.25) is 0 Å². The number of methoxy groups -OCH3 is 3. The number of hydrogen-bond acceptors (Lipinski definition) is 11. The summed E-state index contributed by atoms with van der Waals surface area (Å²) in [4.78, 5) is 0. The van der Waals surface area contributed by atoms with Gasteiger partial charge in [0.05, 0.1) is 53.4 Å². The third-order valence-corrected chi connectivity index (χ3v) is 7.59. The lowest BCUT2D eigenvalue weighted by Gasteiger charge is -2.39. The maximum absolute atomic E-state index is 10.2. The standard InChI is InChI=1S/C27H34O11/c1-32-18-8-14(9-19(33-2)26(18)34-3)25-17-12-35-24(16(17)11-36-25)13-4-6-15(7-5-13)37-27-23(31)22(30)21(29)20(10-28)38-27/h4-9,16-17,20-25,27-31H,10-12H2,1-3H3. The quantitative estimate of drug-likeness (QED) is 0.384. The summed E-state index contributed by atoms with van der Waals surface area (Å²) in [6.45, 7) is 0.532. The largest absolute Gasteiger partial charge is 0.493 e. The smallest absolute Gasteiger partial charge is 0.229 e. The summed E-state index contributed by atoms with van der Waals surface area (Å²) in [7, 11) is 4.73. The fourth-order valence-corrected chi connectivity index (χ4v) is 5.54. The van der Waals surface area contributed by atoms with E-state index in [0.29, 0.717) is 36.2 Å². The molecule has 208 valence electrons. The number of aliphatic hydroxyl groups is 4. The lowest BCUT2D eigenvalue weighted by Crippen LogP contribution is -2.60. The molecule has 2 aromatic carbocycles. The Morgan fingerprint density at radius 2 is 1.34 bits per heavy atom. The summed E-state index contributed by atoms with van der Waals surface area (Å²) in [6, 6.07) is 11.0. The average Bonchev–Trinajstić information content (AvgIpc) is 3.55. The molecule has 5 rings (SSSR count). The fraction of sp³-hybridized carbons (Fsp3) is 0.556. The lowest BCUT2D eigenvalue weighted by molar-refractivity contribution is -0.277. The Bertz CT molecular complexity index is 1070. The molecule has 0 spiro atoms. The Hall–Kier alpha value is -2.64. The van der Waals surface area contributed by atoms with Crippen molar-refractivity contribution in [3.8, 4) is 23.0 Å². The molecule has 0 aromatic heterocycles. The highest BCUT2D eigenvalue weighted by molar-refractivity contribution is 5.54. The monoisotopic (exact) mass is 534 g/mol. The van der Waals surface area contributed by atoms with Crippen molar-refractivity contribution in [3.63, 3.8) is 0 Å². The lowest BCUT2D eigenvalue weighted by atomic mass is 9.85. The zero-order valence-corrected chi connectivity index (χ0v) is 21.4. The average molecular weight is 535 g/mol. The van der Waals surface area contributed by atoms with Gasteiger partial charge in [0.25, 0.3) is 0 Å². The molecule has 9 unspecified atom stereocenters. The van der Waals surface area contributed by atoms with Crippen molar-refractivity contribution in [1.29, 1.82) is 0 Å². The van der Waals surface area contributed by atoms with E-state index in [1.165, 1.54) is 0 Å². The van der Waals surface area contributed by atoms with Crippen LogP contribution in [0.25, 0.3) is 0 Å². The molecule has 3 saturated heterocycles. The van der Waals surface area contributed by atoms with Gasteiger partial charge in [-0.2, -0.15) is 0 Å². The van der Waals surface area contributed by atoms with E-state index in [1.807, 2.05) is 24.3 Å². The van der Waals surface area contributed by atoms with Gasteiger partial charge in [0.15, 0.2) is 11.5 Å². The Balaban J connectivity index is 1.28. The minimum absolute atomic E-state index is 0.132. The van der Waals surface area contributed by atoms with Crippen LogP contribution in [-0.2, 0) is 14.2 Å². The second-order valence-electron chi connectivity index (χ2n) is 9.68. The summed E-state index contributed by atoms with van der Waals surface area (Å²) in [6.07, 6.45) is -7.07. The summed E-state index contributed by atoms with van der Waals surface area (Å²) in [5.74, 6) is 2.33. The summed E-state index contributed by atoms with van der Waals surface area (Å²) < 4.78 is 40.0. The highest BCUT2D eigenvalue weighted by Gasteiger charge is 2.48. The Morgan fingerprint density at radius 1 is 0.763 bits per heavy atom. The van der Waals surface area contributed by atoms with E-state index in [0.717, 1.165) is 11.1 Å². The maximum atomic E-state index is 10.2. The Labute approximate surface area is 220 Å². The number of fused-ring (bicyclic) bond motifs is 1. The van der Waals surface area contributed by atoms with Gasteiger partial charge >= 0.3 is 0 Å². The van der Waals surface area contributed by atoms with Crippen molar-refractivity contribution < 1.29 is 53.6 Å². The zero-order chi connectivity index (χ0) is 27.0. The van der Waals surface area contributed by atoms with Crippen molar-refractivity contribution in [2.45, 2.75) is 42.9 Å². The number of rotatable bonds is 8. The first kappa shape index (κ1) is 26.9.